The van der Waals surface area contributed by atoms with Crippen molar-refractivity contribution in [2.45, 2.75) is 18.3 Å². The number of rotatable bonds is 1. The van der Waals surface area contributed by atoms with Crippen LogP contribution in [0.4, 0.5) is 0 Å². The lowest BCUT2D eigenvalue weighted by Crippen LogP contribution is -2.28. The first-order chi connectivity index (χ1) is 15.2. The van der Waals surface area contributed by atoms with Gasteiger partial charge < -0.3 is 10.2 Å². The second kappa shape index (κ2) is 5.67. The molecule has 3 aromatic rings. The molecular formula is C29H20O2. The number of benzene rings is 3. The number of aromatic hydroxyl groups is 2. The molecule has 0 aliphatic heterocycles. The molecule has 0 atom stereocenters. The monoisotopic (exact) mass is 400 g/mol. The molecule has 0 bridgehead atoms. The molecular weight excluding hydrogens is 380 g/mol. The number of phenolic OH excluding ortho intramolecular Hbond substituents is 2. The highest BCUT2D eigenvalue weighted by Crippen LogP contribution is 2.66. The van der Waals surface area contributed by atoms with Gasteiger partial charge in [-0.2, -0.15) is 0 Å². The number of fused-ring (bicyclic) bond motifs is 8. The highest BCUT2D eigenvalue weighted by atomic mass is 16.3. The molecule has 0 aromatic heterocycles. The highest BCUT2D eigenvalue weighted by molar-refractivity contribution is 5.95. The lowest BCUT2D eigenvalue weighted by molar-refractivity contribution is 0.451. The Labute approximate surface area is 180 Å². The van der Waals surface area contributed by atoms with E-state index in [1.807, 2.05) is 0 Å². The van der Waals surface area contributed by atoms with Gasteiger partial charge in [0, 0.05) is 6.07 Å². The van der Waals surface area contributed by atoms with E-state index in [4.69, 9.17) is 0 Å². The molecule has 4 aliphatic carbocycles. The highest BCUT2D eigenvalue weighted by Gasteiger charge is 2.54. The van der Waals surface area contributed by atoms with Gasteiger partial charge in [-0.25, -0.2) is 0 Å². The summed E-state index contributed by atoms with van der Waals surface area (Å²) in [5.41, 5.74) is 12.5. The average Bonchev–Trinajstić information content (AvgIpc) is 3.51. The molecule has 0 saturated heterocycles. The van der Waals surface area contributed by atoms with E-state index >= 15 is 0 Å². The predicted octanol–water partition coefficient (Wildman–Crippen LogP) is 6.56. The molecule has 7 rings (SSSR count). The molecule has 4 aliphatic rings. The first kappa shape index (κ1) is 17.0. The molecule has 2 N–H and O–H groups in total. The fraction of sp³-hybridized carbons (Fsp3) is 0.103. The van der Waals surface area contributed by atoms with Crippen LogP contribution in [0, 0.1) is 0 Å². The fourth-order valence-electron chi connectivity index (χ4n) is 6.39. The molecule has 0 amide bonds. The standard InChI is InChI=1S/C29H20O2/c30-18-14-17(15-19(31)16-18)20-7-3-10-24-23-6-1-2-11-25(23)29(28(20)24)26-12-4-8-21(26)22-9-5-13-27(22)29/h1-11,14-16,30-31H,12-13H2. The van der Waals surface area contributed by atoms with E-state index in [9.17, 15) is 10.2 Å². The zero-order valence-electron chi connectivity index (χ0n) is 16.9. The van der Waals surface area contributed by atoms with E-state index in [-0.39, 0.29) is 16.9 Å². The van der Waals surface area contributed by atoms with Gasteiger partial charge in [0.25, 0.3) is 0 Å². The Kier molecular flexibility index (Phi) is 3.10. The summed E-state index contributed by atoms with van der Waals surface area (Å²) < 4.78 is 0. The third-order valence-corrected chi connectivity index (χ3v) is 7.33. The molecule has 1 spiro atoms. The van der Waals surface area contributed by atoms with Crippen molar-refractivity contribution in [1.29, 1.82) is 0 Å². The van der Waals surface area contributed by atoms with Gasteiger partial charge in [-0.1, -0.05) is 66.8 Å². The number of allylic oxidation sites excluding steroid dienone is 8. The molecule has 148 valence electrons. The number of hydrogen-bond donors (Lipinski definition) is 2. The van der Waals surface area contributed by atoms with Crippen LogP contribution in [0.15, 0.2) is 107 Å². The zero-order chi connectivity index (χ0) is 20.7. The van der Waals surface area contributed by atoms with E-state index < -0.39 is 0 Å². The molecule has 3 aromatic carbocycles. The van der Waals surface area contributed by atoms with Crippen molar-refractivity contribution >= 4 is 0 Å². The summed E-state index contributed by atoms with van der Waals surface area (Å²) in [6.45, 7) is 0. The largest absolute Gasteiger partial charge is 0.508 e. The Morgan fingerprint density at radius 2 is 1.26 bits per heavy atom. The summed E-state index contributed by atoms with van der Waals surface area (Å²) in [4.78, 5) is 0. The minimum atomic E-state index is -0.290. The molecule has 0 radical (unpaired) electrons. The Hall–Kier alpha value is -3.78. The van der Waals surface area contributed by atoms with Crippen molar-refractivity contribution in [3.8, 4) is 33.8 Å². The van der Waals surface area contributed by atoms with Crippen LogP contribution in [-0.2, 0) is 5.41 Å². The van der Waals surface area contributed by atoms with E-state index in [1.54, 1.807) is 12.1 Å². The van der Waals surface area contributed by atoms with Crippen molar-refractivity contribution in [3.05, 3.63) is 118 Å². The van der Waals surface area contributed by atoms with Gasteiger partial charge in [-0.15, -0.1) is 0 Å². The van der Waals surface area contributed by atoms with Crippen LogP contribution in [0.25, 0.3) is 22.3 Å². The summed E-state index contributed by atoms with van der Waals surface area (Å²) in [7, 11) is 0. The maximum absolute atomic E-state index is 10.2. The summed E-state index contributed by atoms with van der Waals surface area (Å²) in [5.74, 6) is 0.155. The van der Waals surface area contributed by atoms with Crippen LogP contribution in [-0.4, -0.2) is 10.2 Å². The lowest BCUT2D eigenvalue weighted by Gasteiger charge is -2.35. The van der Waals surface area contributed by atoms with E-state index in [0.717, 1.165) is 24.0 Å². The van der Waals surface area contributed by atoms with E-state index in [1.165, 1.54) is 50.6 Å². The summed E-state index contributed by atoms with van der Waals surface area (Å²) in [6.07, 6.45) is 11.0. The molecule has 0 saturated carbocycles. The van der Waals surface area contributed by atoms with Gasteiger partial charge in [0.1, 0.15) is 11.5 Å². The molecule has 0 fully saturated rings. The number of hydrogen-bond acceptors (Lipinski definition) is 2. The van der Waals surface area contributed by atoms with Crippen LogP contribution in [0.2, 0.25) is 0 Å². The lowest BCUT2D eigenvalue weighted by atomic mass is 9.66. The molecule has 2 nitrogen and oxygen atoms in total. The van der Waals surface area contributed by atoms with E-state index in [0.29, 0.717) is 0 Å². The third kappa shape index (κ3) is 1.93. The second-order valence-corrected chi connectivity index (χ2v) is 8.76. The Balaban J connectivity index is 1.64. The smallest absolute Gasteiger partial charge is 0.119 e. The van der Waals surface area contributed by atoms with Crippen molar-refractivity contribution in [2.75, 3.05) is 0 Å². The predicted molar refractivity (Wildman–Crippen MR) is 123 cm³/mol. The van der Waals surface area contributed by atoms with Gasteiger partial charge in [0.15, 0.2) is 0 Å². The van der Waals surface area contributed by atoms with Crippen molar-refractivity contribution in [1.82, 2.24) is 0 Å². The third-order valence-electron chi connectivity index (χ3n) is 7.33. The summed E-state index contributed by atoms with van der Waals surface area (Å²) >= 11 is 0. The average molecular weight is 400 g/mol. The topological polar surface area (TPSA) is 40.5 Å². The van der Waals surface area contributed by atoms with Gasteiger partial charge >= 0.3 is 0 Å². The molecule has 0 unspecified atom stereocenters. The first-order valence-corrected chi connectivity index (χ1v) is 10.8. The molecule has 31 heavy (non-hydrogen) atoms. The first-order valence-electron chi connectivity index (χ1n) is 10.8. The SMILES string of the molecule is Oc1cc(O)cc(-c2cccc3c2C2(C4=C(C=CC4)C4=C2CC=C4)c2ccccc2-3)c1. The Bertz CT molecular complexity index is 1390. The van der Waals surface area contributed by atoms with Gasteiger partial charge in [-0.3, -0.25) is 0 Å². The van der Waals surface area contributed by atoms with E-state index in [2.05, 4.69) is 66.8 Å². The van der Waals surface area contributed by atoms with Crippen molar-refractivity contribution < 1.29 is 10.2 Å². The van der Waals surface area contributed by atoms with Crippen LogP contribution >= 0.6 is 0 Å². The number of phenols is 2. The van der Waals surface area contributed by atoms with Crippen LogP contribution in [0.3, 0.4) is 0 Å². The molecule has 0 heterocycles. The van der Waals surface area contributed by atoms with Gasteiger partial charge in [0.05, 0.1) is 5.41 Å². The van der Waals surface area contributed by atoms with Crippen LogP contribution in [0.1, 0.15) is 24.0 Å². The normalized spacial score (nSPS) is 18.7. The maximum Gasteiger partial charge on any atom is 0.119 e. The van der Waals surface area contributed by atoms with Crippen molar-refractivity contribution in [3.63, 3.8) is 0 Å². The van der Waals surface area contributed by atoms with Gasteiger partial charge in [0.2, 0.25) is 0 Å². The Morgan fingerprint density at radius 1 is 0.645 bits per heavy atom. The molecule has 2 heteroatoms. The fourth-order valence-corrected chi connectivity index (χ4v) is 6.39. The van der Waals surface area contributed by atoms with Crippen LogP contribution in [0.5, 0.6) is 11.5 Å². The van der Waals surface area contributed by atoms with Gasteiger partial charge in [-0.05, 0) is 80.6 Å². The summed E-state index contributed by atoms with van der Waals surface area (Å²) in [5, 5.41) is 20.5. The van der Waals surface area contributed by atoms with Crippen LogP contribution < -0.4 is 0 Å². The summed E-state index contributed by atoms with van der Waals surface area (Å²) in [6, 6.07) is 20.1. The quantitative estimate of drug-likeness (QED) is 0.486. The maximum atomic E-state index is 10.2. The zero-order valence-corrected chi connectivity index (χ0v) is 16.9. The second-order valence-electron chi connectivity index (χ2n) is 8.76. The minimum absolute atomic E-state index is 0.0773. The van der Waals surface area contributed by atoms with Crippen molar-refractivity contribution in [2.24, 2.45) is 0 Å². The minimum Gasteiger partial charge on any atom is -0.508 e. The Morgan fingerprint density at radius 3 is 1.97 bits per heavy atom.